The van der Waals surface area contributed by atoms with Gasteiger partial charge in [-0.3, -0.25) is 0 Å². The van der Waals surface area contributed by atoms with E-state index in [1.807, 2.05) is 6.92 Å². The SMILES string of the molecule is Cc1nnc(NC2CCCC(C)CC2)c2ccccc12. The average molecular weight is 269 g/mol. The molecule has 20 heavy (non-hydrogen) atoms. The fourth-order valence-corrected chi connectivity index (χ4v) is 3.17. The summed E-state index contributed by atoms with van der Waals surface area (Å²) in [5.74, 6) is 1.81. The Morgan fingerprint density at radius 3 is 2.65 bits per heavy atom. The predicted octanol–water partition coefficient (Wildman–Crippen LogP) is 4.32. The van der Waals surface area contributed by atoms with Crippen molar-refractivity contribution < 1.29 is 0 Å². The number of nitrogens with one attached hydrogen (secondary N) is 1. The first kappa shape index (κ1) is 13.3. The summed E-state index contributed by atoms with van der Waals surface area (Å²) in [5.41, 5.74) is 1.00. The van der Waals surface area contributed by atoms with Crippen LogP contribution in [-0.2, 0) is 0 Å². The Hall–Kier alpha value is -1.64. The molecule has 0 radical (unpaired) electrons. The molecule has 0 saturated heterocycles. The monoisotopic (exact) mass is 269 g/mol. The highest BCUT2D eigenvalue weighted by molar-refractivity contribution is 5.92. The standard InChI is InChI=1S/C17H23N3/c1-12-6-5-7-14(11-10-12)18-17-16-9-4-3-8-15(16)13(2)19-20-17/h3-4,8-9,12,14H,5-7,10-11H2,1-2H3,(H,18,20). The van der Waals surface area contributed by atoms with E-state index in [0.717, 1.165) is 17.4 Å². The zero-order chi connectivity index (χ0) is 13.9. The van der Waals surface area contributed by atoms with Crippen molar-refractivity contribution in [2.45, 2.75) is 52.0 Å². The molecule has 2 unspecified atom stereocenters. The average Bonchev–Trinajstić information content (AvgIpc) is 2.67. The number of rotatable bonds is 2. The summed E-state index contributed by atoms with van der Waals surface area (Å²) in [4.78, 5) is 0. The maximum absolute atomic E-state index is 4.39. The summed E-state index contributed by atoms with van der Waals surface area (Å²) >= 11 is 0. The van der Waals surface area contributed by atoms with Gasteiger partial charge in [-0.1, -0.05) is 44.0 Å². The highest BCUT2D eigenvalue weighted by atomic mass is 15.2. The molecule has 1 aliphatic rings. The van der Waals surface area contributed by atoms with Gasteiger partial charge in [0.05, 0.1) is 5.69 Å². The van der Waals surface area contributed by atoms with Crippen LogP contribution < -0.4 is 5.32 Å². The lowest BCUT2D eigenvalue weighted by atomic mass is 10.0. The summed E-state index contributed by atoms with van der Waals surface area (Å²) in [7, 11) is 0. The predicted molar refractivity (Wildman–Crippen MR) is 83.9 cm³/mol. The van der Waals surface area contributed by atoms with E-state index >= 15 is 0 Å². The summed E-state index contributed by atoms with van der Waals surface area (Å²) in [5, 5.41) is 14.7. The number of anilines is 1. The van der Waals surface area contributed by atoms with Gasteiger partial charge in [0.15, 0.2) is 5.82 Å². The fourth-order valence-electron chi connectivity index (χ4n) is 3.17. The molecule has 0 amide bonds. The van der Waals surface area contributed by atoms with Crippen LogP contribution in [0.4, 0.5) is 5.82 Å². The van der Waals surface area contributed by atoms with Crippen molar-refractivity contribution in [1.29, 1.82) is 0 Å². The molecule has 1 aromatic heterocycles. The lowest BCUT2D eigenvalue weighted by Crippen LogP contribution is -2.19. The molecule has 2 atom stereocenters. The maximum Gasteiger partial charge on any atom is 0.156 e. The molecule has 0 bridgehead atoms. The van der Waals surface area contributed by atoms with Crippen molar-refractivity contribution in [3.63, 3.8) is 0 Å². The Labute approximate surface area is 120 Å². The van der Waals surface area contributed by atoms with E-state index in [4.69, 9.17) is 0 Å². The van der Waals surface area contributed by atoms with E-state index in [1.165, 1.54) is 42.9 Å². The molecular formula is C17H23N3. The Morgan fingerprint density at radius 2 is 1.80 bits per heavy atom. The first-order chi connectivity index (χ1) is 9.74. The first-order valence-corrected chi connectivity index (χ1v) is 7.72. The largest absolute Gasteiger partial charge is 0.365 e. The number of benzene rings is 1. The second-order valence-corrected chi connectivity index (χ2v) is 6.13. The van der Waals surface area contributed by atoms with Crippen molar-refractivity contribution in [2.24, 2.45) is 5.92 Å². The highest BCUT2D eigenvalue weighted by Crippen LogP contribution is 2.27. The van der Waals surface area contributed by atoms with Crippen LogP contribution >= 0.6 is 0 Å². The third kappa shape index (κ3) is 2.77. The smallest absolute Gasteiger partial charge is 0.156 e. The van der Waals surface area contributed by atoms with E-state index in [-0.39, 0.29) is 0 Å². The third-order valence-electron chi connectivity index (χ3n) is 4.47. The molecule has 3 heteroatoms. The quantitative estimate of drug-likeness (QED) is 0.825. The van der Waals surface area contributed by atoms with Gasteiger partial charge < -0.3 is 5.32 Å². The van der Waals surface area contributed by atoms with Crippen LogP contribution in [0, 0.1) is 12.8 Å². The summed E-state index contributed by atoms with van der Waals surface area (Å²) in [6.45, 7) is 4.38. The van der Waals surface area contributed by atoms with E-state index in [2.05, 4.69) is 46.7 Å². The van der Waals surface area contributed by atoms with Gasteiger partial charge >= 0.3 is 0 Å². The second-order valence-electron chi connectivity index (χ2n) is 6.13. The van der Waals surface area contributed by atoms with Crippen LogP contribution in [0.25, 0.3) is 10.8 Å². The molecule has 3 rings (SSSR count). The van der Waals surface area contributed by atoms with Crippen molar-refractivity contribution in [2.75, 3.05) is 5.32 Å². The molecule has 0 spiro atoms. The van der Waals surface area contributed by atoms with E-state index in [9.17, 15) is 0 Å². The molecule has 1 N–H and O–H groups in total. The van der Waals surface area contributed by atoms with E-state index < -0.39 is 0 Å². The minimum atomic E-state index is 0.542. The van der Waals surface area contributed by atoms with Crippen LogP contribution in [-0.4, -0.2) is 16.2 Å². The lowest BCUT2D eigenvalue weighted by Gasteiger charge is -2.18. The Bertz CT molecular complexity index is 594. The van der Waals surface area contributed by atoms with Gasteiger partial charge in [-0.15, -0.1) is 5.10 Å². The maximum atomic E-state index is 4.39. The first-order valence-electron chi connectivity index (χ1n) is 7.72. The van der Waals surface area contributed by atoms with E-state index in [0.29, 0.717) is 6.04 Å². The van der Waals surface area contributed by atoms with Gasteiger partial charge in [0.25, 0.3) is 0 Å². The van der Waals surface area contributed by atoms with Gasteiger partial charge in [-0.25, -0.2) is 0 Å². The molecule has 1 heterocycles. The Balaban J connectivity index is 1.85. The van der Waals surface area contributed by atoms with Gasteiger partial charge in [-0.2, -0.15) is 5.10 Å². The zero-order valence-corrected chi connectivity index (χ0v) is 12.4. The summed E-state index contributed by atoms with van der Waals surface area (Å²) < 4.78 is 0. The normalized spacial score (nSPS) is 23.5. The van der Waals surface area contributed by atoms with Crippen molar-refractivity contribution in [3.8, 4) is 0 Å². The molecule has 1 aromatic carbocycles. The molecule has 1 fully saturated rings. The van der Waals surface area contributed by atoms with Crippen LogP contribution in [0.2, 0.25) is 0 Å². The molecular weight excluding hydrogens is 246 g/mol. The van der Waals surface area contributed by atoms with Gasteiger partial charge in [0.1, 0.15) is 0 Å². The summed E-state index contributed by atoms with van der Waals surface area (Å²) in [6.07, 6.45) is 6.47. The Kier molecular flexibility index (Phi) is 3.86. The van der Waals surface area contributed by atoms with Crippen molar-refractivity contribution >= 4 is 16.6 Å². The second kappa shape index (κ2) is 5.78. The Morgan fingerprint density at radius 1 is 1.00 bits per heavy atom. The zero-order valence-electron chi connectivity index (χ0n) is 12.4. The van der Waals surface area contributed by atoms with Crippen molar-refractivity contribution in [3.05, 3.63) is 30.0 Å². The third-order valence-corrected chi connectivity index (χ3v) is 4.47. The minimum absolute atomic E-state index is 0.542. The minimum Gasteiger partial charge on any atom is -0.365 e. The molecule has 3 nitrogen and oxygen atoms in total. The molecule has 0 aliphatic heterocycles. The number of nitrogens with zero attached hydrogens (tertiary/aromatic N) is 2. The number of aromatic nitrogens is 2. The number of fused-ring (bicyclic) bond motifs is 1. The van der Waals surface area contributed by atoms with Gasteiger partial charge in [0.2, 0.25) is 0 Å². The molecule has 106 valence electrons. The number of aryl methyl sites for hydroxylation is 1. The fraction of sp³-hybridized carbons (Fsp3) is 0.529. The molecule has 2 aromatic rings. The van der Waals surface area contributed by atoms with Crippen LogP contribution in [0.3, 0.4) is 0 Å². The topological polar surface area (TPSA) is 37.8 Å². The molecule has 1 aliphatic carbocycles. The van der Waals surface area contributed by atoms with Gasteiger partial charge in [-0.05, 0) is 32.1 Å². The lowest BCUT2D eigenvalue weighted by molar-refractivity contribution is 0.502. The van der Waals surface area contributed by atoms with Crippen LogP contribution in [0.15, 0.2) is 24.3 Å². The van der Waals surface area contributed by atoms with E-state index in [1.54, 1.807) is 0 Å². The van der Waals surface area contributed by atoms with Crippen LogP contribution in [0.1, 0.15) is 44.7 Å². The highest BCUT2D eigenvalue weighted by Gasteiger charge is 2.17. The number of hydrogen-bond donors (Lipinski definition) is 1. The number of hydrogen-bond acceptors (Lipinski definition) is 3. The summed E-state index contributed by atoms with van der Waals surface area (Å²) in [6, 6.07) is 8.94. The molecule has 1 saturated carbocycles. The van der Waals surface area contributed by atoms with Gasteiger partial charge in [0, 0.05) is 16.8 Å². The van der Waals surface area contributed by atoms with Crippen molar-refractivity contribution in [1.82, 2.24) is 10.2 Å². The van der Waals surface area contributed by atoms with Crippen LogP contribution in [0.5, 0.6) is 0 Å².